The van der Waals surface area contributed by atoms with Gasteiger partial charge in [-0.1, -0.05) is 25.1 Å². The summed E-state index contributed by atoms with van der Waals surface area (Å²) in [6.45, 7) is 6.74. The molecule has 148 valence electrons. The number of rotatable bonds is 5. The van der Waals surface area contributed by atoms with E-state index in [1.54, 1.807) is 6.07 Å². The predicted molar refractivity (Wildman–Crippen MR) is 126 cm³/mol. The minimum Gasteiger partial charge on any atom is -0.506 e. The smallest absolute Gasteiger partial charge is 0.193 e. The molecule has 7 heteroatoms. The maximum Gasteiger partial charge on any atom is 0.193 e. The second-order valence-electron chi connectivity index (χ2n) is 6.78. The minimum absolute atomic E-state index is 0. The maximum absolute atomic E-state index is 10.0. The number of anilines is 1. The number of halogens is 1. The van der Waals surface area contributed by atoms with Crippen molar-refractivity contribution in [3.63, 3.8) is 0 Å². The summed E-state index contributed by atoms with van der Waals surface area (Å²) in [5.41, 5.74) is 0.916. The highest BCUT2D eigenvalue weighted by Gasteiger charge is 2.21. The number of aliphatic imine (C=N–C) groups is 1. The number of nitrogens with one attached hydrogen (secondary N) is 1. The van der Waals surface area contributed by atoms with E-state index in [1.165, 1.54) is 4.88 Å². The quantitative estimate of drug-likeness (QED) is 0.374. The second kappa shape index (κ2) is 10.8. The Morgan fingerprint density at radius 3 is 2.56 bits per heavy atom. The number of nitrogens with zero attached hydrogens (tertiary/aromatic N) is 3. The average molecular weight is 500 g/mol. The minimum atomic E-state index is 0. The van der Waals surface area contributed by atoms with E-state index in [4.69, 9.17) is 0 Å². The highest BCUT2D eigenvalue weighted by atomic mass is 127. The highest BCUT2D eigenvalue weighted by Crippen LogP contribution is 2.27. The van der Waals surface area contributed by atoms with E-state index in [9.17, 15) is 5.11 Å². The topological polar surface area (TPSA) is 51.1 Å². The van der Waals surface area contributed by atoms with E-state index in [-0.39, 0.29) is 24.0 Å². The van der Waals surface area contributed by atoms with Gasteiger partial charge in [-0.3, -0.25) is 4.99 Å². The van der Waals surface area contributed by atoms with E-state index >= 15 is 0 Å². The number of aromatic hydroxyl groups is 1. The zero-order valence-electron chi connectivity index (χ0n) is 16.0. The molecule has 0 bridgehead atoms. The maximum atomic E-state index is 10.0. The average Bonchev–Trinajstić information content (AvgIpc) is 3.16. The molecule has 2 N–H and O–H groups in total. The lowest BCUT2D eigenvalue weighted by Gasteiger charge is -2.38. The summed E-state index contributed by atoms with van der Waals surface area (Å²) < 4.78 is 0. The largest absolute Gasteiger partial charge is 0.506 e. The van der Waals surface area contributed by atoms with E-state index in [1.807, 2.05) is 36.6 Å². The van der Waals surface area contributed by atoms with Gasteiger partial charge in [-0.25, -0.2) is 0 Å². The Balaban J connectivity index is 0.00000261. The standard InChI is InChI=1S/C20H28N4OS.HI/c1-16(14-17-6-5-13-26-17)15-22-20(21-2)24-11-9-23(10-12-24)18-7-3-4-8-19(18)25;/h3-8,13,16,25H,9-12,14-15H2,1-2H3,(H,21,22);1H. The molecule has 0 aliphatic carbocycles. The van der Waals surface area contributed by atoms with Crippen LogP contribution in [0.25, 0.3) is 0 Å². The molecular weight excluding hydrogens is 471 g/mol. The molecular formula is C20H29IN4OS. The van der Waals surface area contributed by atoms with Gasteiger partial charge in [-0.2, -0.15) is 0 Å². The number of guanidine groups is 1. The van der Waals surface area contributed by atoms with Gasteiger partial charge in [-0.15, -0.1) is 35.3 Å². The van der Waals surface area contributed by atoms with Crippen LogP contribution in [0.2, 0.25) is 0 Å². The fourth-order valence-electron chi connectivity index (χ4n) is 3.33. The monoisotopic (exact) mass is 500 g/mol. The van der Waals surface area contributed by atoms with Crippen LogP contribution in [0.4, 0.5) is 5.69 Å². The molecule has 1 saturated heterocycles. The summed E-state index contributed by atoms with van der Waals surface area (Å²) >= 11 is 1.82. The van der Waals surface area contributed by atoms with E-state index < -0.39 is 0 Å². The van der Waals surface area contributed by atoms with Crippen molar-refractivity contribution in [2.75, 3.05) is 44.7 Å². The molecule has 1 aliphatic heterocycles. The van der Waals surface area contributed by atoms with Gasteiger partial charge in [0, 0.05) is 44.6 Å². The van der Waals surface area contributed by atoms with Crippen molar-refractivity contribution in [2.24, 2.45) is 10.9 Å². The number of phenolic OH excluding ortho intramolecular Hbond substituents is 1. The second-order valence-corrected chi connectivity index (χ2v) is 7.81. The van der Waals surface area contributed by atoms with Gasteiger partial charge in [0.15, 0.2) is 5.96 Å². The molecule has 1 atom stereocenters. The number of para-hydroxylation sites is 2. The molecule has 0 spiro atoms. The number of phenols is 1. The lowest BCUT2D eigenvalue weighted by molar-refractivity contribution is 0.366. The molecule has 0 saturated carbocycles. The Labute approximate surface area is 183 Å². The Kier molecular flexibility index (Phi) is 8.69. The van der Waals surface area contributed by atoms with Crippen LogP contribution in [0.15, 0.2) is 46.8 Å². The first-order valence-corrected chi connectivity index (χ1v) is 10.1. The molecule has 0 radical (unpaired) electrons. The van der Waals surface area contributed by atoms with E-state index in [2.05, 4.69) is 44.5 Å². The van der Waals surface area contributed by atoms with Crippen molar-refractivity contribution in [2.45, 2.75) is 13.3 Å². The van der Waals surface area contributed by atoms with Gasteiger partial charge in [0.2, 0.25) is 0 Å². The van der Waals surface area contributed by atoms with E-state index in [0.717, 1.165) is 50.8 Å². The lowest BCUT2D eigenvalue weighted by atomic mass is 10.1. The Morgan fingerprint density at radius 1 is 1.19 bits per heavy atom. The number of hydrogen-bond donors (Lipinski definition) is 2. The van der Waals surface area contributed by atoms with Gasteiger partial charge < -0.3 is 20.2 Å². The molecule has 2 heterocycles. The van der Waals surface area contributed by atoms with Crippen LogP contribution in [0.3, 0.4) is 0 Å². The van der Waals surface area contributed by atoms with Gasteiger partial charge >= 0.3 is 0 Å². The fourth-order valence-corrected chi connectivity index (χ4v) is 4.20. The first-order valence-electron chi connectivity index (χ1n) is 9.18. The molecule has 1 unspecified atom stereocenters. The molecule has 3 rings (SSSR count). The van der Waals surface area contributed by atoms with Crippen LogP contribution in [0.5, 0.6) is 5.75 Å². The number of hydrogen-bond acceptors (Lipinski definition) is 4. The van der Waals surface area contributed by atoms with Crippen molar-refractivity contribution in [3.8, 4) is 5.75 Å². The third kappa shape index (κ3) is 6.00. The van der Waals surface area contributed by atoms with Crippen molar-refractivity contribution < 1.29 is 5.11 Å². The molecule has 5 nitrogen and oxygen atoms in total. The summed E-state index contributed by atoms with van der Waals surface area (Å²) in [4.78, 5) is 10.4. The molecule has 1 aromatic heterocycles. The van der Waals surface area contributed by atoms with Crippen LogP contribution in [-0.2, 0) is 6.42 Å². The molecule has 1 fully saturated rings. The van der Waals surface area contributed by atoms with Gasteiger partial charge in [0.25, 0.3) is 0 Å². The van der Waals surface area contributed by atoms with Gasteiger partial charge in [0.1, 0.15) is 5.75 Å². The van der Waals surface area contributed by atoms with Crippen LogP contribution in [0, 0.1) is 5.92 Å². The molecule has 0 amide bonds. The molecule has 2 aromatic rings. The molecule has 1 aliphatic rings. The third-order valence-electron chi connectivity index (χ3n) is 4.75. The summed E-state index contributed by atoms with van der Waals surface area (Å²) in [6.07, 6.45) is 1.10. The zero-order chi connectivity index (χ0) is 18.4. The fraction of sp³-hybridized carbons (Fsp3) is 0.450. The molecule has 27 heavy (non-hydrogen) atoms. The van der Waals surface area contributed by atoms with Crippen LogP contribution < -0.4 is 10.2 Å². The SMILES string of the molecule is CN=C(NCC(C)Cc1cccs1)N1CCN(c2ccccc2O)CC1.I. The zero-order valence-corrected chi connectivity index (χ0v) is 19.1. The number of thiophene rings is 1. The normalized spacial score (nSPS) is 16.0. The van der Waals surface area contributed by atoms with Gasteiger partial charge in [-0.05, 0) is 35.9 Å². The predicted octanol–water partition coefficient (Wildman–Crippen LogP) is 3.65. The summed E-state index contributed by atoms with van der Waals surface area (Å²) in [6, 6.07) is 11.9. The number of piperazine rings is 1. The lowest BCUT2D eigenvalue weighted by Crippen LogP contribution is -2.53. The Bertz CT molecular complexity index is 715. The van der Waals surface area contributed by atoms with Crippen LogP contribution >= 0.6 is 35.3 Å². The van der Waals surface area contributed by atoms with Crippen LogP contribution in [-0.4, -0.2) is 55.7 Å². The summed E-state index contributed by atoms with van der Waals surface area (Å²) in [5.74, 6) is 1.89. The van der Waals surface area contributed by atoms with Crippen molar-refractivity contribution in [3.05, 3.63) is 46.7 Å². The molecule has 1 aromatic carbocycles. The summed E-state index contributed by atoms with van der Waals surface area (Å²) in [7, 11) is 1.85. The van der Waals surface area contributed by atoms with Crippen LogP contribution in [0.1, 0.15) is 11.8 Å². The van der Waals surface area contributed by atoms with E-state index in [0.29, 0.717) is 11.7 Å². The van der Waals surface area contributed by atoms with Crippen molar-refractivity contribution >= 4 is 47.0 Å². The first-order chi connectivity index (χ1) is 12.7. The van der Waals surface area contributed by atoms with Crippen molar-refractivity contribution in [1.82, 2.24) is 10.2 Å². The highest BCUT2D eigenvalue weighted by molar-refractivity contribution is 14.0. The number of benzene rings is 1. The first kappa shape index (κ1) is 21.8. The third-order valence-corrected chi connectivity index (χ3v) is 5.65. The summed E-state index contributed by atoms with van der Waals surface area (Å²) in [5, 5.41) is 15.7. The van der Waals surface area contributed by atoms with Crippen molar-refractivity contribution in [1.29, 1.82) is 0 Å². The Morgan fingerprint density at radius 2 is 1.93 bits per heavy atom. The Hall–Kier alpha value is -1.48. The van der Waals surface area contributed by atoms with Gasteiger partial charge in [0.05, 0.1) is 5.69 Å².